The highest BCUT2D eigenvalue weighted by atomic mass is 16.2. The van der Waals surface area contributed by atoms with Gasteiger partial charge in [-0.3, -0.25) is 0 Å². The van der Waals surface area contributed by atoms with Crippen LogP contribution < -0.4 is 10.6 Å². The van der Waals surface area contributed by atoms with Crippen LogP contribution in [0.2, 0.25) is 0 Å². The highest BCUT2D eigenvalue weighted by Crippen LogP contribution is 2.17. The van der Waals surface area contributed by atoms with Gasteiger partial charge in [-0.25, -0.2) is 9.59 Å². The molecule has 0 bridgehead atoms. The van der Waals surface area contributed by atoms with Gasteiger partial charge >= 0.3 is 12.1 Å². The van der Waals surface area contributed by atoms with Gasteiger partial charge in [0.05, 0.1) is 0 Å². The Labute approximate surface area is 196 Å². The first-order valence-corrected chi connectivity index (χ1v) is 11.6. The number of nitrogens with zero attached hydrogens (tertiary/aromatic N) is 4. The number of hydrogen-bond acceptors (Lipinski definition) is 4. The van der Waals surface area contributed by atoms with Crippen molar-refractivity contribution in [3.05, 3.63) is 59.7 Å². The first kappa shape index (κ1) is 23.1. The molecule has 0 spiro atoms. The summed E-state index contributed by atoms with van der Waals surface area (Å²) in [6.45, 7) is 6.65. The number of likely N-dealkylation sites (N-methyl/N-ethyl adjacent to an activating group) is 2. The smallest absolute Gasteiger partial charge is 0.321 e. The molecule has 2 aromatic rings. The average molecular weight is 451 g/mol. The third kappa shape index (κ3) is 6.46. The molecule has 2 fully saturated rings. The van der Waals surface area contributed by atoms with Gasteiger partial charge in [-0.05, 0) is 55.9 Å². The lowest BCUT2D eigenvalue weighted by atomic mass is 10.0. The van der Waals surface area contributed by atoms with E-state index in [1.807, 2.05) is 58.3 Å². The summed E-state index contributed by atoms with van der Waals surface area (Å²) in [7, 11) is 4.15. The van der Waals surface area contributed by atoms with E-state index in [0.717, 1.165) is 70.2 Å². The van der Waals surface area contributed by atoms with Crippen LogP contribution in [0.25, 0.3) is 0 Å². The van der Waals surface area contributed by atoms with E-state index in [9.17, 15) is 9.59 Å². The number of carbonyl (C=O) groups excluding carboxylic acids is 2. The molecule has 0 atom stereocenters. The predicted molar refractivity (Wildman–Crippen MR) is 132 cm³/mol. The zero-order valence-corrected chi connectivity index (χ0v) is 19.6. The number of hydrogen-bond donors (Lipinski definition) is 2. The molecule has 0 radical (unpaired) electrons. The van der Waals surface area contributed by atoms with Gasteiger partial charge in [-0.15, -0.1) is 0 Å². The second-order valence-electron chi connectivity index (χ2n) is 9.01. The van der Waals surface area contributed by atoms with Gasteiger partial charge in [0.25, 0.3) is 0 Å². The van der Waals surface area contributed by atoms with Crippen LogP contribution in [0.4, 0.5) is 21.0 Å². The van der Waals surface area contributed by atoms with Crippen molar-refractivity contribution in [2.45, 2.75) is 6.42 Å². The lowest BCUT2D eigenvalue weighted by molar-refractivity contribution is 0.164. The average Bonchev–Trinajstić information content (AvgIpc) is 2.82. The molecule has 2 saturated heterocycles. The molecule has 33 heavy (non-hydrogen) atoms. The van der Waals surface area contributed by atoms with Crippen LogP contribution in [0.1, 0.15) is 11.1 Å². The van der Waals surface area contributed by atoms with E-state index in [-0.39, 0.29) is 12.1 Å². The van der Waals surface area contributed by atoms with Crippen LogP contribution in [-0.2, 0) is 6.42 Å². The third-order valence-electron chi connectivity index (χ3n) is 6.40. The fraction of sp³-hybridized carbons (Fsp3) is 0.440. The number of piperazine rings is 2. The fourth-order valence-corrected chi connectivity index (χ4v) is 4.07. The molecule has 8 heteroatoms. The summed E-state index contributed by atoms with van der Waals surface area (Å²) in [6, 6.07) is 15.9. The number of anilines is 2. The van der Waals surface area contributed by atoms with Crippen LogP contribution in [0.5, 0.6) is 0 Å². The van der Waals surface area contributed by atoms with Gasteiger partial charge in [0, 0.05) is 63.7 Å². The van der Waals surface area contributed by atoms with Crippen LogP contribution >= 0.6 is 0 Å². The van der Waals surface area contributed by atoms with Crippen LogP contribution in [-0.4, -0.2) is 98.1 Å². The van der Waals surface area contributed by atoms with E-state index in [4.69, 9.17) is 0 Å². The Kier molecular flexibility index (Phi) is 7.47. The molecule has 0 unspecified atom stereocenters. The lowest BCUT2D eigenvalue weighted by Crippen LogP contribution is -2.48. The number of carbonyl (C=O) groups is 2. The van der Waals surface area contributed by atoms with Crippen molar-refractivity contribution in [3.63, 3.8) is 0 Å². The Hall–Kier alpha value is -3.10. The minimum atomic E-state index is -0.0370. The van der Waals surface area contributed by atoms with Crippen molar-refractivity contribution in [2.75, 3.05) is 77.1 Å². The molecular weight excluding hydrogens is 416 g/mol. The maximum absolute atomic E-state index is 12.4. The predicted octanol–water partition coefficient (Wildman–Crippen LogP) is 2.84. The Bertz CT molecular complexity index is 853. The Morgan fingerprint density at radius 2 is 0.939 bits per heavy atom. The number of amides is 4. The summed E-state index contributed by atoms with van der Waals surface area (Å²) in [5.74, 6) is 0. The summed E-state index contributed by atoms with van der Waals surface area (Å²) in [5, 5.41) is 5.99. The molecule has 0 aliphatic carbocycles. The zero-order chi connectivity index (χ0) is 23.2. The SMILES string of the molecule is CN1CCN(C(=O)Nc2ccc(Cc3ccc(NC(=O)N4CCN(C)CC4)cc3)cc2)CC1. The highest BCUT2D eigenvalue weighted by molar-refractivity contribution is 5.90. The van der Waals surface area contributed by atoms with Gasteiger partial charge in [0.1, 0.15) is 0 Å². The Morgan fingerprint density at radius 1 is 0.606 bits per heavy atom. The molecule has 0 saturated carbocycles. The second-order valence-corrected chi connectivity index (χ2v) is 9.01. The monoisotopic (exact) mass is 450 g/mol. The van der Waals surface area contributed by atoms with Crippen molar-refractivity contribution < 1.29 is 9.59 Å². The van der Waals surface area contributed by atoms with Gasteiger partial charge in [-0.1, -0.05) is 24.3 Å². The standard InChI is InChI=1S/C25H34N6O2/c1-28-11-15-30(16-12-28)24(32)26-22-7-3-20(4-8-22)19-21-5-9-23(10-6-21)27-25(33)31-17-13-29(2)14-18-31/h3-10H,11-19H2,1-2H3,(H,26,32)(H,27,33). The summed E-state index contributed by atoms with van der Waals surface area (Å²) >= 11 is 0. The maximum Gasteiger partial charge on any atom is 0.321 e. The summed E-state index contributed by atoms with van der Waals surface area (Å²) in [5.41, 5.74) is 3.96. The van der Waals surface area contributed by atoms with Gasteiger partial charge in [0.15, 0.2) is 0 Å². The quantitative estimate of drug-likeness (QED) is 0.752. The molecule has 8 nitrogen and oxygen atoms in total. The van der Waals surface area contributed by atoms with Crippen molar-refractivity contribution >= 4 is 23.4 Å². The van der Waals surface area contributed by atoms with Crippen molar-refractivity contribution in [1.29, 1.82) is 0 Å². The van der Waals surface area contributed by atoms with Crippen molar-refractivity contribution in [1.82, 2.24) is 19.6 Å². The molecular formula is C25H34N6O2. The van der Waals surface area contributed by atoms with Crippen molar-refractivity contribution in [2.24, 2.45) is 0 Å². The third-order valence-corrected chi connectivity index (χ3v) is 6.40. The number of rotatable bonds is 4. The normalized spacial score (nSPS) is 17.6. The van der Waals surface area contributed by atoms with E-state index in [2.05, 4.69) is 34.5 Å². The molecule has 176 valence electrons. The maximum atomic E-state index is 12.4. The second kappa shape index (κ2) is 10.7. The first-order valence-electron chi connectivity index (χ1n) is 11.6. The number of benzene rings is 2. The van der Waals surface area contributed by atoms with Crippen LogP contribution in [0, 0.1) is 0 Å². The van der Waals surface area contributed by atoms with Gasteiger partial charge in [0.2, 0.25) is 0 Å². The topological polar surface area (TPSA) is 71.2 Å². The summed E-state index contributed by atoms with van der Waals surface area (Å²) in [6.07, 6.45) is 0.791. The first-order chi connectivity index (χ1) is 16.0. The minimum Gasteiger partial charge on any atom is -0.322 e. The summed E-state index contributed by atoms with van der Waals surface area (Å²) in [4.78, 5) is 33.0. The van der Waals surface area contributed by atoms with E-state index < -0.39 is 0 Å². The highest BCUT2D eigenvalue weighted by Gasteiger charge is 2.20. The molecule has 2 aliphatic heterocycles. The zero-order valence-electron chi connectivity index (χ0n) is 19.6. The number of urea groups is 2. The largest absolute Gasteiger partial charge is 0.322 e. The van der Waals surface area contributed by atoms with Gasteiger partial charge < -0.3 is 30.2 Å². The van der Waals surface area contributed by atoms with Gasteiger partial charge in [-0.2, -0.15) is 0 Å². The molecule has 2 N–H and O–H groups in total. The van der Waals surface area contributed by atoms with E-state index in [1.165, 1.54) is 11.1 Å². The minimum absolute atomic E-state index is 0.0370. The molecule has 2 heterocycles. The van der Waals surface area contributed by atoms with Crippen molar-refractivity contribution in [3.8, 4) is 0 Å². The van der Waals surface area contributed by atoms with Crippen LogP contribution in [0.15, 0.2) is 48.5 Å². The molecule has 0 aromatic heterocycles. The lowest BCUT2D eigenvalue weighted by Gasteiger charge is -2.32. The molecule has 4 amide bonds. The summed E-state index contributed by atoms with van der Waals surface area (Å²) < 4.78 is 0. The Balaban J connectivity index is 1.26. The molecule has 4 rings (SSSR count). The van der Waals surface area contributed by atoms with E-state index in [1.54, 1.807) is 0 Å². The van der Waals surface area contributed by atoms with E-state index in [0.29, 0.717) is 0 Å². The fourth-order valence-electron chi connectivity index (χ4n) is 4.07. The molecule has 2 aliphatic rings. The number of nitrogens with one attached hydrogen (secondary N) is 2. The van der Waals surface area contributed by atoms with Crippen LogP contribution in [0.3, 0.4) is 0 Å². The molecule has 2 aromatic carbocycles. The van der Waals surface area contributed by atoms with E-state index >= 15 is 0 Å². The Morgan fingerprint density at radius 3 is 1.27 bits per heavy atom.